The van der Waals surface area contributed by atoms with Gasteiger partial charge >= 0.3 is 12.1 Å². The standard InChI is InChI=1S/C16H21NO4/c1-4-5-7-16-8-6-11-10(2)21-15(19)17(13(11)16)12(9-16)14(18)20-3/h4,12-13H,1,5-9H2,2-3H3/t12-,13-,16-/m0/s1. The summed E-state index contributed by atoms with van der Waals surface area (Å²) < 4.78 is 10.2. The molecule has 3 atom stereocenters. The number of nitrogens with zero attached hydrogens (tertiary/aromatic N) is 1. The highest BCUT2D eigenvalue weighted by atomic mass is 16.6. The van der Waals surface area contributed by atoms with Crippen LogP contribution in [0.4, 0.5) is 4.79 Å². The van der Waals surface area contributed by atoms with E-state index in [1.54, 1.807) is 4.90 Å². The molecule has 2 fully saturated rings. The van der Waals surface area contributed by atoms with E-state index in [1.807, 2.05) is 13.0 Å². The number of rotatable bonds is 4. The largest absolute Gasteiger partial charge is 0.467 e. The van der Waals surface area contributed by atoms with E-state index in [1.165, 1.54) is 12.7 Å². The van der Waals surface area contributed by atoms with Gasteiger partial charge in [-0.2, -0.15) is 0 Å². The summed E-state index contributed by atoms with van der Waals surface area (Å²) >= 11 is 0. The van der Waals surface area contributed by atoms with Crippen LogP contribution in [-0.4, -0.2) is 36.2 Å². The van der Waals surface area contributed by atoms with E-state index in [2.05, 4.69) is 6.58 Å². The summed E-state index contributed by atoms with van der Waals surface area (Å²) in [5.41, 5.74) is 1.13. The summed E-state index contributed by atoms with van der Waals surface area (Å²) in [4.78, 5) is 26.0. The summed E-state index contributed by atoms with van der Waals surface area (Å²) in [6.07, 6.45) is 5.89. The van der Waals surface area contributed by atoms with E-state index < -0.39 is 12.1 Å². The van der Waals surface area contributed by atoms with Gasteiger partial charge in [-0.05, 0) is 50.0 Å². The van der Waals surface area contributed by atoms with E-state index in [9.17, 15) is 9.59 Å². The molecule has 1 saturated carbocycles. The van der Waals surface area contributed by atoms with Crippen molar-refractivity contribution in [1.82, 2.24) is 4.90 Å². The van der Waals surface area contributed by atoms with Crippen LogP contribution in [0.15, 0.2) is 24.0 Å². The van der Waals surface area contributed by atoms with E-state index in [0.29, 0.717) is 12.2 Å². The van der Waals surface area contributed by atoms with Crippen molar-refractivity contribution in [2.75, 3.05) is 7.11 Å². The molecule has 0 aromatic rings. The third kappa shape index (κ3) is 1.90. The maximum absolute atomic E-state index is 12.3. The number of cyclic esters (lactones) is 1. The van der Waals surface area contributed by atoms with E-state index in [4.69, 9.17) is 9.47 Å². The normalized spacial score (nSPS) is 33.8. The molecule has 0 spiro atoms. The fraction of sp³-hybridized carbons (Fsp3) is 0.625. The van der Waals surface area contributed by atoms with E-state index in [-0.39, 0.29) is 17.4 Å². The van der Waals surface area contributed by atoms with Crippen molar-refractivity contribution in [1.29, 1.82) is 0 Å². The average Bonchev–Trinajstić information content (AvgIpc) is 2.98. The number of amides is 1. The number of esters is 1. The third-order valence-corrected chi connectivity index (χ3v) is 5.24. The highest BCUT2D eigenvalue weighted by Gasteiger charge is 2.62. The molecule has 21 heavy (non-hydrogen) atoms. The van der Waals surface area contributed by atoms with Gasteiger partial charge in [-0.25, -0.2) is 9.59 Å². The fourth-order valence-electron chi connectivity index (χ4n) is 4.30. The monoisotopic (exact) mass is 291 g/mol. The Morgan fingerprint density at radius 1 is 1.62 bits per heavy atom. The van der Waals surface area contributed by atoms with Crippen LogP contribution in [0.2, 0.25) is 0 Å². The van der Waals surface area contributed by atoms with Crippen LogP contribution >= 0.6 is 0 Å². The maximum Gasteiger partial charge on any atom is 0.416 e. The van der Waals surface area contributed by atoms with Gasteiger partial charge in [-0.1, -0.05) is 6.08 Å². The van der Waals surface area contributed by atoms with Crippen LogP contribution in [0.5, 0.6) is 0 Å². The second-order valence-corrected chi connectivity index (χ2v) is 6.19. The van der Waals surface area contributed by atoms with Crippen molar-refractivity contribution in [2.45, 2.75) is 51.1 Å². The minimum absolute atomic E-state index is 0.0113. The molecular weight excluding hydrogens is 270 g/mol. The van der Waals surface area contributed by atoms with Crippen LogP contribution in [0, 0.1) is 5.41 Å². The Bertz CT molecular complexity index is 538. The highest BCUT2D eigenvalue weighted by Crippen LogP contribution is 2.58. The Morgan fingerprint density at radius 2 is 2.38 bits per heavy atom. The number of carbonyl (C=O) groups excluding carboxylic acids is 2. The summed E-state index contributed by atoms with van der Waals surface area (Å²) in [7, 11) is 1.37. The minimum atomic E-state index is -0.527. The van der Waals surface area contributed by atoms with Gasteiger partial charge in [0.25, 0.3) is 0 Å². The molecule has 114 valence electrons. The molecule has 1 aliphatic carbocycles. The minimum Gasteiger partial charge on any atom is -0.467 e. The number of methoxy groups -OCH3 is 1. The number of carbonyl (C=O) groups is 2. The second-order valence-electron chi connectivity index (χ2n) is 6.19. The van der Waals surface area contributed by atoms with Gasteiger partial charge in [0.1, 0.15) is 11.8 Å². The Hall–Kier alpha value is -1.78. The smallest absolute Gasteiger partial charge is 0.416 e. The lowest BCUT2D eigenvalue weighted by Gasteiger charge is -2.36. The summed E-state index contributed by atoms with van der Waals surface area (Å²) in [6, 6.07) is -0.538. The first kappa shape index (κ1) is 14.2. The Labute approximate surface area is 124 Å². The Balaban J connectivity index is 2.03. The number of hydrogen-bond donors (Lipinski definition) is 0. The lowest BCUT2D eigenvalue weighted by molar-refractivity contribution is -0.145. The Kier molecular flexibility index (Phi) is 3.30. The zero-order valence-corrected chi connectivity index (χ0v) is 12.6. The van der Waals surface area contributed by atoms with Crippen molar-refractivity contribution in [3.05, 3.63) is 24.0 Å². The highest BCUT2D eigenvalue weighted by molar-refractivity contribution is 5.84. The first-order chi connectivity index (χ1) is 10.0. The molecule has 0 bridgehead atoms. The lowest BCUT2D eigenvalue weighted by Crippen LogP contribution is -2.49. The van der Waals surface area contributed by atoms with Crippen molar-refractivity contribution in [3.63, 3.8) is 0 Å². The molecule has 5 nitrogen and oxygen atoms in total. The first-order valence-corrected chi connectivity index (χ1v) is 7.42. The molecule has 3 aliphatic rings. The molecule has 0 N–H and O–H groups in total. The van der Waals surface area contributed by atoms with Gasteiger partial charge in [-0.3, -0.25) is 4.90 Å². The first-order valence-electron chi connectivity index (χ1n) is 7.42. The van der Waals surface area contributed by atoms with Crippen LogP contribution in [0.1, 0.15) is 39.0 Å². The molecular formula is C16H21NO4. The molecule has 0 unspecified atom stereocenters. The van der Waals surface area contributed by atoms with Gasteiger partial charge in [0.05, 0.1) is 13.2 Å². The molecule has 0 radical (unpaired) electrons. The number of ether oxygens (including phenoxy) is 2. The van der Waals surface area contributed by atoms with Crippen LogP contribution in [-0.2, 0) is 14.3 Å². The third-order valence-electron chi connectivity index (χ3n) is 5.24. The molecule has 3 rings (SSSR count). The summed E-state index contributed by atoms with van der Waals surface area (Å²) in [5, 5.41) is 0. The molecule has 2 heterocycles. The van der Waals surface area contributed by atoms with Crippen LogP contribution < -0.4 is 0 Å². The van der Waals surface area contributed by atoms with Gasteiger partial charge in [-0.15, -0.1) is 6.58 Å². The molecule has 1 saturated heterocycles. The van der Waals surface area contributed by atoms with E-state index >= 15 is 0 Å². The lowest BCUT2D eigenvalue weighted by atomic mass is 9.76. The van der Waals surface area contributed by atoms with E-state index in [0.717, 1.165) is 25.7 Å². The van der Waals surface area contributed by atoms with Gasteiger partial charge in [0, 0.05) is 0 Å². The molecule has 0 aromatic heterocycles. The number of allylic oxidation sites excluding steroid dienone is 2. The Morgan fingerprint density at radius 3 is 3.05 bits per heavy atom. The maximum atomic E-state index is 12.3. The summed E-state index contributed by atoms with van der Waals surface area (Å²) in [5.74, 6) is 0.366. The van der Waals surface area contributed by atoms with Gasteiger partial charge in [0.2, 0.25) is 0 Å². The topological polar surface area (TPSA) is 55.8 Å². The van der Waals surface area contributed by atoms with Crippen molar-refractivity contribution in [3.8, 4) is 0 Å². The van der Waals surface area contributed by atoms with Crippen molar-refractivity contribution < 1.29 is 19.1 Å². The summed E-state index contributed by atoms with van der Waals surface area (Å²) in [6.45, 7) is 5.64. The predicted octanol–water partition coefficient (Wildman–Crippen LogP) is 2.77. The van der Waals surface area contributed by atoms with Crippen LogP contribution in [0.25, 0.3) is 0 Å². The average molecular weight is 291 g/mol. The SMILES string of the molecule is C=CCC[C@@]12CCC3=C(C)OC(=O)N([C@@H]31)[C@H](C(=O)OC)C2. The van der Waals surface area contributed by atoms with Crippen LogP contribution in [0.3, 0.4) is 0 Å². The zero-order valence-electron chi connectivity index (χ0n) is 12.6. The zero-order chi connectivity index (χ0) is 15.2. The molecule has 2 aliphatic heterocycles. The quantitative estimate of drug-likeness (QED) is 0.590. The molecule has 0 aromatic carbocycles. The fourth-order valence-corrected chi connectivity index (χ4v) is 4.30. The van der Waals surface area contributed by atoms with Crippen molar-refractivity contribution in [2.24, 2.45) is 5.41 Å². The second kappa shape index (κ2) is 4.90. The molecule has 5 heteroatoms. The predicted molar refractivity (Wildman–Crippen MR) is 76.3 cm³/mol. The molecule has 1 amide bonds. The van der Waals surface area contributed by atoms with Gasteiger partial charge in [0.15, 0.2) is 0 Å². The number of hydrogen-bond acceptors (Lipinski definition) is 4. The van der Waals surface area contributed by atoms with Gasteiger partial charge < -0.3 is 9.47 Å². The van der Waals surface area contributed by atoms with Crippen molar-refractivity contribution >= 4 is 12.1 Å².